The Morgan fingerprint density at radius 2 is 2.00 bits per heavy atom. The Morgan fingerprint density at radius 3 is 2.70 bits per heavy atom. The summed E-state index contributed by atoms with van der Waals surface area (Å²) in [6.07, 6.45) is 5.65. The molecule has 0 amide bonds. The van der Waals surface area contributed by atoms with Crippen molar-refractivity contribution in [1.82, 2.24) is 0 Å². The first kappa shape index (κ1) is 20.1. The summed E-state index contributed by atoms with van der Waals surface area (Å²) in [6, 6.07) is 0. The number of hydrogen-bond donors (Lipinski definition) is 3. The number of aliphatic hydroxyl groups excluding tert-OH is 1. The number of carboxylic acid groups (broad SMARTS) is 1. The van der Waals surface area contributed by atoms with Gasteiger partial charge in [-0.3, -0.25) is 14.4 Å². The fraction of sp³-hybridized carbons (Fsp3) is 0.696. The van der Waals surface area contributed by atoms with Crippen LogP contribution in [-0.4, -0.2) is 56.3 Å². The number of fused-ring (bicyclic) bond motifs is 3. The summed E-state index contributed by atoms with van der Waals surface area (Å²) in [5, 5.41) is 30.7. The Morgan fingerprint density at radius 1 is 1.27 bits per heavy atom. The molecule has 0 aromatic carbocycles. The molecule has 0 aromatic rings. The van der Waals surface area contributed by atoms with Gasteiger partial charge in [-0.25, -0.2) is 0 Å². The van der Waals surface area contributed by atoms with Gasteiger partial charge in [0, 0.05) is 10.8 Å². The predicted molar refractivity (Wildman–Crippen MR) is 104 cm³/mol. The number of ketones is 2. The molecule has 4 aliphatic carbocycles. The van der Waals surface area contributed by atoms with Crippen LogP contribution in [0.25, 0.3) is 0 Å². The van der Waals surface area contributed by atoms with Crippen LogP contribution in [-0.2, 0) is 19.1 Å². The molecule has 7 nitrogen and oxygen atoms in total. The summed E-state index contributed by atoms with van der Waals surface area (Å²) < 4.78 is 6.39. The molecular weight excluding hydrogens is 388 g/mol. The molecule has 0 bridgehead atoms. The number of aliphatic carboxylic acids is 1. The first-order chi connectivity index (χ1) is 14.0. The molecule has 4 fully saturated rings. The van der Waals surface area contributed by atoms with E-state index >= 15 is 0 Å². The fourth-order valence-electron chi connectivity index (χ4n) is 7.59. The number of carboxylic acids is 1. The van der Waals surface area contributed by atoms with Gasteiger partial charge >= 0.3 is 5.97 Å². The molecule has 0 aromatic heterocycles. The highest BCUT2D eigenvalue weighted by Gasteiger charge is 2.81. The van der Waals surface area contributed by atoms with Gasteiger partial charge in [0.1, 0.15) is 17.3 Å². The number of ether oxygens (including phenoxy) is 1. The van der Waals surface area contributed by atoms with Crippen LogP contribution in [0.15, 0.2) is 23.8 Å². The number of aliphatic hydroxyl groups is 2. The van der Waals surface area contributed by atoms with Crippen LogP contribution >= 0.6 is 0 Å². The zero-order chi connectivity index (χ0) is 21.7. The Hall–Kier alpha value is -1.83. The molecule has 7 heteroatoms. The van der Waals surface area contributed by atoms with Gasteiger partial charge in [-0.1, -0.05) is 18.6 Å². The molecule has 8 atom stereocenters. The van der Waals surface area contributed by atoms with Gasteiger partial charge in [0.2, 0.25) is 0 Å². The molecule has 1 heterocycles. The van der Waals surface area contributed by atoms with E-state index in [2.05, 4.69) is 6.92 Å². The third kappa shape index (κ3) is 2.18. The molecule has 0 radical (unpaired) electrons. The highest BCUT2D eigenvalue weighted by Crippen LogP contribution is 2.75. The number of allylic oxidation sites excluding steroid dienone is 2. The van der Waals surface area contributed by atoms with E-state index in [9.17, 15) is 24.6 Å². The van der Waals surface area contributed by atoms with Gasteiger partial charge < -0.3 is 20.1 Å². The number of Topliss-reactive ketones (excluding diaryl/α,β-unsaturated/α-hetero) is 1. The Balaban J connectivity index is 1.50. The normalized spacial score (nSPS) is 49.3. The molecule has 1 spiro atoms. The van der Waals surface area contributed by atoms with Crippen molar-refractivity contribution >= 4 is 17.5 Å². The smallest absolute Gasteiger partial charge is 0.306 e. The lowest BCUT2D eigenvalue weighted by Gasteiger charge is -2.55. The van der Waals surface area contributed by atoms with Crippen LogP contribution in [0.3, 0.4) is 0 Å². The SMILES string of the molecule is C[C@]12C=CC(=O)C=C1CC[C@H]1[C@@H]3CC[C@](O)(C(=O)C(O)CC(=O)O)[C@@]3(C)C[C@@H]3O[C@@]312. The van der Waals surface area contributed by atoms with Gasteiger partial charge in [-0.05, 0) is 63.0 Å². The van der Waals surface area contributed by atoms with Crippen LogP contribution in [0.2, 0.25) is 0 Å². The number of rotatable bonds is 4. The molecule has 162 valence electrons. The summed E-state index contributed by atoms with van der Waals surface area (Å²) in [5.41, 5.74) is -2.25. The van der Waals surface area contributed by atoms with Gasteiger partial charge in [0.05, 0.1) is 12.5 Å². The summed E-state index contributed by atoms with van der Waals surface area (Å²) >= 11 is 0. The van der Waals surface area contributed by atoms with Gasteiger partial charge in [-0.2, -0.15) is 0 Å². The van der Waals surface area contributed by atoms with Crippen LogP contribution in [0, 0.1) is 22.7 Å². The van der Waals surface area contributed by atoms with E-state index in [-0.39, 0.29) is 35.6 Å². The van der Waals surface area contributed by atoms with E-state index in [0.717, 1.165) is 18.4 Å². The first-order valence-corrected chi connectivity index (χ1v) is 10.8. The van der Waals surface area contributed by atoms with Gasteiger partial charge in [0.25, 0.3) is 0 Å². The maximum Gasteiger partial charge on any atom is 0.306 e. The minimum atomic E-state index is -1.76. The lowest BCUT2D eigenvalue weighted by Crippen LogP contribution is -2.62. The predicted octanol–water partition coefficient (Wildman–Crippen LogP) is 1.56. The second-order valence-electron chi connectivity index (χ2n) is 10.3. The second kappa shape index (κ2) is 5.90. The Kier molecular flexibility index (Phi) is 3.95. The standard InChI is InChI=1S/C23H28O7/c1-20-7-5-13(24)9-12(20)3-4-15-14-6-8-22(29,19(28)16(25)10-18(26)27)21(14,2)11-17-23(15,20)30-17/h5,7,9,14-17,25,29H,3-4,6,8,10-11H2,1-2H3,(H,26,27)/t14-,15-,16?,17-,20-,21-,22-,23+/m0/s1. The summed E-state index contributed by atoms with van der Waals surface area (Å²) in [5.74, 6) is -1.91. The third-order valence-electron chi connectivity index (χ3n) is 9.16. The number of carbonyl (C=O) groups excluding carboxylic acids is 2. The molecule has 30 heavy (non-hydrogen) atoms. The van der Waals surface area contributed by atoms with Crippen molar-refractivity contribution in [2.45, 2.75) is 75.8 Å². The molecule has 1 unspecified atom stereocenters. The van der Waals surface area contributed by atoms with E-state index in [1.54, 1.807) is 12.2 Å². The Labute approximate surface area is 174 Å². The fourth-order valence-corrected chi connectivity index (χ4v) is 7.59. The summed E-state index contributed by atoms with van der Waals surface area (Å²) in [6.45, 7) is 4.02. The quantitative estimate of drug-likeness (QED) is 0.594. The molecule has 5 rings (SSSR count). The summed E-state index contributed by atoms with van der Waals surface area (Å²) in [4.78, 5) is 35.9. The van der Waals surface area contributed by atoms with Gasteiger partial charge in [-0.15, -0.1) is 0 Å². The van der Waals surface area contributed by atoms with Crippen molar-refractivity contribution in [3.8, 4) is 0 Å². The van der Waals surface area contributed by atoms with Crippen LogP contribution in [0.5, 0.6) is 0 Å². The molecule has 1 saturated heterocycles. The monoisotopic (exact) mass is 416 g/mol. The maximum atomic E-state index is 13.0. The van der Waals surface area contributed by atoms with Crippen LogP contribution in [0.1, 0.15) is 52.4 Å². The van der Waals surface area contributed by atoms with E-state index < -0.39 is 40.9 Å². The number of carbonyl (C=O) groups is 3. The molecule has 5 aliphatic rings. The first-order valence-electron chi connectivity index (χ1n) is 10.8. The zero-order valence-electron chi connectivity index (χ0n) is 17.3. The van der Waals surface area contributed by atoms with Crippen molar-refractivity contribution in [1.29, 1.82) is 0 Å². The average Bonchev–Trinajstić information content (AvgIpc) is 3.33. The molecule has 3 saturated carbocycles. The van der Waals surface area contributed by atoms with E-state index in [0.29, 0.717) is 12.8 Å². The maximum absolute atomic E-state index is 13.0. The average molecular weight is 416 g/mol. The topological polar surface area (TPSA) is 124 Å². The molecule has 1 aliphatic heterocycles. The van der Waals surface area contributed by atoms with Crippen molar-refractivity contribution in [3.05, 3.63) is 23.8 Å². The van der Waals surface area contributed by atoms with Gasteiger partial charge in [0.15, 0.2) is 11.6 Å². The third-order valence-corrected chi connectivity index (χ3v) is 9.16. The van der Waals surface area contributed by atoms with Crippen LogP contribution < -0.4 is 0 Å². The second-order valence-corrected chi connectivity index (χ2v) is 10.3. The highest BCUT2D eigenvalue weighted by atomic mass is 16.6. The van der Waals surface area contributed by atoms with E-state index in [1.165, 1.54) is 0 Å². The van der Waals surface area contributed by atoms with Crippen molar-refractivity contribution in [2.75, 3.05) is 0 Å². The lowest BCUT2D eigenvalue weighted by atomic mass is 9.46. The van der Waals surface area contributed by atoms with Crippen molar-refractivity contribution in [2.24, 2.45) is 22.7 Å². The zero-order valence-corrected chi connectivity index (χ0v) is 17.3. The Bertz CT molecular complexity index is 921. The number of hydrogen-bond acceptors (Lipinski definition) is 6. The van der Waals surface area contributed by atoms with E-state index in [4.69, 9.17) is 9.84 Å². The molecular formula is C23H28O7. The molecule has 3 N–H and O–H groups in total. The number of epoxide rings is 1. The lowest BCUT2D eigenvalue weighted by molar-refractivity contribution is -0.168. The van der Waals surface area contributed by atoms with E-state index in [1.807, 2.05) is 13.0 Å². The summed E-state index contributed by atoms with van der Waals surface area (Å²) in [7, 11) is 0. The van der Waals surface area contributed by atoms with Crippen LogP contribution in [0.4, 0.5) is 0 Å². The highest BCUT2D eigenvalue weighted by molar-refractivity contribution is 6.01. The van der Waals surface area contributed by atoms with Crippen molar-refractivity contribution in [3.63, 3.8) is 0 Å². The minimum Gasteiger partial charge on any atom is -0.481 e. The minimum absolute atomic E-state index is 0.00318. The van der Waals surface area contributed by atoms with Crippen molar-refractivity contribution < 1.29 is 34.4 Å². The largest absolute Gasteiger partial charge is 0.481 e.